The normalized spacial score (nSPS) is 13.8. The molecule has 0 aliphatic rings. The quantitative estimate of drug-likeness (QED) is 0.589. The van der Waals surface area contributed by atoms with Gasteiger partial charge in [0.1, 0.15) is 5.82 Å². The van der Waals surface area contributed by atoms with Gasteiger partial charge in [0.15, 0.2) is 0 Å². The van der Waals surface area contributed by atoms with Gasteiger partial charge in [-0.15, -0.1) is 0 Å². The van der Waals surface area contributed by atoms with Crippen molar-refractivity contribution in [2.24, 2.45) is 11.7 Å². The molecule has 4 radical (unpaired) electrons. The zero-order valence-electron chi connectivity index (χ0n) is 9.31. The lowest BCUT2D eigenvalue weighted by Gasteiger charge is -2.35. The molecule has 7 heteroatoms. The molecule has 0 saturated heterocycles. The SMILES string of the molecule is [B]C([B])(N)C(Nc1ccnc(Cl)n1)C(C)C. The summed E-state index contributed by atoms with van der Waals surface area (Å²) in [5, 5.41) is 1.88. The van der Waals surface area contributed by atoms with Crippen LogP contribution in [0.3, 0.4) is 0 Å². The van der Waals surface area contributed by atoms with Gasteiger partial charge in [-0.1, -0.05) is 13.8 Å². The zero-order valence-corrected chi connectivity index (χ0v) is 10.1. The Balaban J connectivity index is 2.84. The highest BCUT2D eigenvalue weighted by Crippen LogP contribution is 2.16. The molecule has 0 aliphatic carbocycles. The van der Waals surface area contributed by atoms with Crippen LogP contribution < -0.4 is 11.1 Å². The number of rotatable bonds is 4. The fraction of sp³-hybridized carbons (Fsp3) is 0.556. The van der Waals surface area contributed by atoms with Gasteiger partial charge < -0.3 is 11.1 Å². The Morgan fingerprint density at radius 3 is 2.56 bits per heavy atom. The van der Waals surface area contributed by atoms with Crippen molar-refractivity contribution in [3.05, 3.63) is 17.5 Å². The Morgan fingerprint density at radius 1 is 1.50 bits per heavy atom. The Hall–Kier alpha value is -0.740. The topological polar surface area (TPSA) is 63.8 Å². The molecule has 0 aromatic carbocycles. The number of hydrogen-bond acceptors (Lipinski definition) is 4. The maximum atomic E-state index is 5.68. The van der Waals surface area contributed by atoms with Crippen LogP contribution in [0.15, 0.2) is 12.3 Å². The van der Waals surface area contributed by atoms with E-state index in [0.717, 1.165) is 0 Å². The molecule has 0 fully saturated rings. The van der Waals surface area contributed by atoms with Gasteiger partial charge in [0.25, 0.3) is 0 Å². The minimum absolute atomic E-state index is 0.147. The number of anilines is 1. The van der Waals surface area contributed by atoms with Crippen LogP contribution in [0.4, 0.5) is 5.82 Å². The van der Waals surface area contributed by atoms with Crippen LogP contribution in [0.25, 0.3) is 0 Å². The molecule has 1 heterocycles. The number of nitrogens with one attached hydrogen (secondary N) is 1. The molecule has 0 amide bonds. The number of aromatic nitrogens is 2. The van der Waals surface area contributed by atoms with Gasteiger partial charge >= 0.3 is 0 Å². The molecule has 0 bridgehead atoms. The van der Waals surface area contributed by atoms with E-state index in [2.05, 4.69) is 15.3 Å². The third-order valence-corrected chi connectivity index (χ3v) is 2.32. The average molecular weight is 234 g/mol. The Kier molecular flexibility index (Phi) is 4.21. The summed E-state index contributed by atoms with van der Waals surface area (Å²) < 4.78 is 0. The summed E-state index contributed by atoms with van der Waals surface area (Å²) in [6.45, 7) is 3.92. The van der Waals surface area contributed by atoms with E-state index in [1.165, 1.54) is 0 Å². The summed E-state index contributed by atoms with van der Waals surface area (Å²) >= 11 is 5.67. The largest absolute Gasteiger partial charge is 0.367 e. The molecule has 82 valence electrons. The average Bonchev–Trinajstić information content (AvgIpc) is 2.12. The number of nitrogens with two attached hydrogens (primary N) is 1. The predicted octanol–water partition coefficient (Wildman–Crippen LogP) is 0.516. The summed E-state index contributed by atoms with van der Waals surface area (Å²) in [6, 6.07) is 1.35. The molecule has 1 aromatic heterocycles. The van der Waals surface area contributed by atoms with Crippen molar-refractivity contribution in [2.75, 3.05) is 5.32 Å². The maximum absolute atomic E-state index is 5.68. The molecule has 0 spiro atoms. The standard InChI is InChI=1S/C9H13B2ClN4/c1-5(2)7(9(10,11)13)15-6-3-4-14-8(12)16-6/h3-5,7H,13H2,1-2H3,(H,14,15,16). The highest BCUT2D eigenvalue weighted by Gasteiger charge is 2.27. The van der Waals surface area contributed by atoms with E-state index < -0.39 is 5.34 Å². The molecule has 1 atom stereocenters. The van der Waals surface area contributed by atoms with Crippen LogP contribution in [-0.2, 0) is 0 Å². The molecular weight excluding hydrogens is 221 g/mol. The molecule has 16 heavy (non-hydrogen) atoms. The van der Waals surface area contributed by atoms with Gasteiger partial charge in [0, 0.05) is 12.2 Å². The maximum Gasteiger partial charge on any atom is 0.224 e. The van der Waals surface area contributed by atoms with Crippen LogP contribution >= 0.6 is 11.6 Å². The smallest absolute Gasteiger partial charge is 0.224 e. The summed E-state index contributed by atoms with van der Waals surface area (Å²) in [6.07, 6.45) is 1.54. The third kappa shape index (κ3) is 3.68. The zero-order chi connectivity index (χ0) is 12.3. The van der Waals surface area contributed by atoms with Gasteiger partial charge in [-0.25, -0.2) is 9.97 Å². The van der Waals surface area contributed by atoms with Gasteiger partial charge in [-0.2, -0.15) is 0 Å². The molecule has 4 nitrogen and oxygen atoms in total. The second-order valence-electron chi connectivity index (χ2n) is 4.08. The fourth-order valence-corrected chi connectivity index (χ4v) is 1.59. The van der Waals surface area contributed by atoms with E-state index in [-0.39, 0.29) is 17.2 Å². The third-order valence-electron chi connectivity index (χ3n) is 2.13. The monoisotopic (exact) mass is 234 g/mol. The van der Waals surface area contributed by atoms with Crippen LogP contribution in [0.2, 0.25) is 5.28 Å². The molecule has 1 unspecified atom stereocenters. The van der Waals surface area contributed by atoms with Gasteiger partial charge in [-0.05, 0) is 28.9 Å². The first-order valence-electron chi connectivity index (χ1n) is 4.92. The molecular formula is C9H13B2ClN4. The summed E-state index contributed by atoms with van der Waals surface area (Å²) in [5.74, 6) is 0.693. The number of hydrogen-bond donors (Lipinski definition) is 2. The first kappa shape index (κ1) is 13.3. The fourth-order valence-electron chi connectivity index (χ4n) is 1.44. The lowest BCUT2D eigenvalue weighted by atomic mass is 9.56. The number of halogens is 1. The Morgan fingerprint density at radius 2 is 2.12 bits per heavy atom. The second kappa shape index (κ2) is 5.06. The first-order chi connectivity index (χ1) is 7.30. The van der Waals surface area contributed by atoms with Crippen molar-refractivity contribution >= 4 is 33.1 Å². The summed E-state index contributed by atoms with van der Waals surface area (Å²) in [5.41, 5.74) is 5.68. The first-order valence-corrected chi connectivity index (χ1v) is 5.30. The van der Waals surface area contributed by atoms with Crippen molar-refractivity contribution in [2.45, 2.75) is 25.2 Å². The molecule has 0 aliphatic heterocycles. The predicted molar refractivity (Wildman–Crippen MR) is 67.7 cm³/mol. The Labute approximate surface area is 103 Å². The minimum atomic E-state index is -1.33. The Bertz CT molecular complexity index is 354. The molecule has 1 aromatic rings. The van der Waals surface area contributed by atoms with E-state index in [1.54, 1.807) is 12.3 Å². The van der Waals surface area contributed by atoms with Gasteiger partial charge in [-0.3, -0.25) is 0 Å². The van der Waals surface area contributed by atoms with Crippen LogP contribution in [0.1, 0.15) is 13.8 Å². The van der Waals surface area contributed by atoms with Crippen molar-refractivity contribution < 1.29 is 0 Å². The van der Waals surface area contributed by atoms with Crippen molar-refractivity contribution in [1.29, 1.82) is 0 Å². The summed E-state index contributed by atoms with van der Waals surface area (Å²) in [4.78, 5) is 7.76. The van der Waals surface area contributed by atoms with Gasteiger partial charge in [0.2, 0.25) is 5.28 Å². The van der Waals surface area contributed by atoms with E-state index in [1.807, 2.05) is 13.8 Å². The van der Waals surface area contributed by atoms with Crippen LogP contribution in [0.5, 0.6) is 0 Å². The lowest BCUT2D eigenvalue weighted by Crippen LogP contribution is -2.58. The van der Waals surface area contributed by atoms with Crippen molar-refractivity contribution in [3.63, 3.8) is 0 Å². The van der Waals surface area contributed by atoms with E-state index >= 15 is 0 Å². The van der Waals surface area contributed by atoms with Crippen molar-refractivity contribution in [3.8, 4) is 0 Å². The van der Waals surface area contributed by atoms with E-state index in [0.29, 0.717) is 5.82 Å². The van der Waals surface area contributed by atoms with Crippen molar-refractivity contribution in [1.82, 2.24) is 9.97 Å². The molecule has 1 rings (SSSR count). The molecule has 0 saturated carbocycles. The minimum Gasteiger partial charge on any atom is -0.367 e. The van der Waals surface area contributed by atoms with Crippen LogP contribution in [-0.4, -0.2) is 37.0 Å². The van der Waals surface area contributed by atoms with Gasteiger partial charge in [0.05, 0.1) is 15.7 Å². The highest BCUT2D eigenvalue weighted by atomic mass is 35.5. The van der Waals surface area contributed by atoms with E-state index in [4.69, 9.17) is 33.0 Å². The highest BCUT2D eigenvalue weighted by molar-refractivity contribution is 6.40. The molecule has 3 N–H and O–H groups in total. The second-order valence-corrected chi connectivity index (χ2v) is 4.41. The van der Waals surface area contributed by atoms with Crippen LogP contribution in [0, 0.1) is 5.92 Å². The summed E-state index contributed by atoms with van der Waals surface area (Å²) in [7, 11) is 11.4. The lowest BCUT2D eigenvalue weighted by molar-refractivity contribution is 0.479. The van der Waals surface area contributed by atoms with E-state index in [9.17, 15) is 0 Å². The number of nitrogens with zero attached hydrogens (tertiary/aromatic N) is 2.